The van der Waals surface area contributed by atoms with Gasteiger partial charge in [-0.1, -0.05) is 92.7 Å². The normalized spacial score (nSPS) is 15.5. The van der Waals surface area contributed by atoms with Gasteiger partial charge in [-0.3, -0.25) is 19.3 Å². The maximum Gasteiger partial charge on any atom is 0.247 e. The zero-order valence-electron chi connectivity index (χ0n) is 34.7. The lowest BCUT2D eigenvalue weighted by atomic mass is 10.0. The first-order chi connectivity index (χ1) is 28.1. The van der Waals surface area contributed by atoms with Crippen molar-refractivity contribution in [2.45, 2.75) is 52.2 Å². The smallest absolute Gasteiger partial charge is 0.247 e. The molecule has 0 radical (unpaired) electrons. The lowest BCUT2D eigenvalue weighted by Gasteiger charge is -2.39. The second kappa shape index (κ2) is 20.3. The van der Waals surface area contributed by atoms with Gasteiger partial charge in [-0.2, -0.15) is 0 Å². The molecule has 0 aliphatic carbocycles. The largest absolute Gasteiger partial charge is 0.395 e. The third kappa shape index (κ3) is 11.4. The minimum Gasteiger partial charge on any atom is -0.395 e. The van der Waals surface area contributed by atoms with Crippen LogP contribution in [0.3, 0.4) is 0 Å². The van der Waals surface area contributed by atoms with E-state index in [2.05, 4.69) is 84.3 Å². The third-order valence-corrected chi connectivity index (χ3v) is 11.5. The Bertz CT molecular complexity index is 1950. The number of likely N-dealkylation sites (N-methyl/N-ethyl adjacent to an activating group) is 1. The van der Waals surface area contributed by atoms with Crippen molar-refractivity contribution in [3.8, 4) is 0 Å². The molecule has 10 nitrogen and oxygen atoms in total. The summed E-state index contributed by atoms with van der Waals surface area (Å²) in [6.07, 6.45) is 3.87. The predicted molar refractivity (Wildman–Crippen MR) is 234 cm³/mol. The Hall–Kier alpha value is -5.45. The van der Waals surface area contributed by atoms with Crippen molar-refractivity contribution in [2.24, 2.45) is 0 Å². The molecule has 306 valence electrons. The molecule has 4 aromatic rings. The van der Waals surface area contributed by atoms with E-state index in [4.69, 9.17) is 0 Å². The van der Waals surface area contributed by atoms with Gasteiger partial charge in [0.1, 0.15) is 6.04 Å². The van der Waals surface area contributed by atoms with E-state index in [1.54, 1.807) is 17.9 Å². The summed E-state index contributed by atoms with van der Waals surface area (Å²) in [5, 5.41) is 9.31. The molecule has 6 rings (SSSR count). The molecule has 0 aromatic heterocycles. The molecule has 3 amide bonds. The number of benzene rings is 4. The Balaban J connectivity index is 1.21. The van der Waals surface area contributed by atoms with Crippen LogP contribution in [-0.2, 0) is 33.9 Å². The quantitative estimate of drug-likeness (QED) is 0.150. The Morgan fingerprint density at radius 2 is 1.34 bits per heavy atom. The molecular weight excluding hydrogens is 725 g/mol. The number of amides is 3. The third-order valence-electron chi connectivity index (χ3n) is 11.5. The molecule has 10 heteroatoms. The lowest BCUT2D eigenvalue weighted by molar-refractivity contribution is -0.145. The van der Waals surface area contributed by atoms with Gasteiger partial charge in [-0.15, -0.1) is 0 Å². The summed E-state index contributed by atoms with van der Waals surface area (Å²) in [6.45, 7) is 13.2. The van der Waals surface area contributed by atoms with E-state index in [0.29, 0.717) is 45.1 Å². The number of aliphatic hydroxyl groups excluding tert-OH is 1. The van der Waals surface area contributed by atoms with Gasteiger partial charge >= 0.3 is 0 Å². The summed E-state index contributed by atoms with van der Waals surface area (Å²) in [5.74, 6) is 0.268. The van der Waals surface area contributed by atoms with Crippen LogP contribution in [0.25, 0.3) is 6.08 Å². The molecular formula is C48H60N6O4. The molecule has 0 spiro atoms. The molecule has 58 heavy (non-hydrogen) atoms. The van der Waals surface area contributed by atoms with Crippen LogP contribution in [0.5, 0.6) is 0 Å². The van der Waals surface area contributed by atoms with E-state index in [0.717, 1.165) is 60.8 Å². The number of anilines is 2. The predicted octanol–water partition coefficient (Wildman–Crippen LogP) is 5.90. The highest BCUT2D eigenvalue weighted by Gasteiger charge is 2.34. The summed E-state index contributed by atoms with van der Waals surface area (Å²) in [7, 11) is 1.97. The highest BCUT2D eigenvalue weighted by Crippen LogP contribution is 2.23. The zero-order valence-corrected chi connectivity index (χ0v) is 34.7. The molecule has 2 heterocycles. The highest BCUT2D eigenvalue weighted by molar-refractivity contribution is 5.96. The van der Waals surface area contributed by atoms with Crippen molar-refractivity contribution in [1.29, 1.82) is 0 Å². The molecule has 0 bridgehead atoms. The summed E-state index contributed by atoms with van der Waals surface area (Å²) in [6, 6.07) is 34.3. The monoisotopic (exact) mass is 784 g/mol. The van der Waals surface area contributed by atoms with Crippen molar-refractivity contribution in [2.75, 3.05) is 82.4 Å². The number of nitrogens with zero attached hydrogens (tertiary/aromatic N) is 6. The molecule has 2 aliphatic rings. The van der Waals surface area contributed by atoms with Crippen molar-refractivity contribution < 1.29 is 19.5 Å². The van der Waals surface area contributed by atoms with E-state index in [9.17, 15) is 19.5 Å². The molecule has 1 atom stereocenters. The maximum absolute atomic E-state index is 14.8. The second-order valence-electron chi connectivity index (χ2n) is 15.9. The van der Waals surface area contributed by atoms with Crippen LogP contribution in [0.2, 0.25) is 0 Å². The molecule has 0 saturated carbocycles. The minimum atomic E-state index is -0.711. The fraction of sp³-hybridized carbons (Fsp3) is 0.396. The summed E-state index contributed by atoms with van der Waals surface area (Å²) in [4.78, 5) is 53.4. The summed E-state index contributed by atoms with van der Waals surface area (Å²) in [5.41, 5.74) is 7.46. The maximum atomic E-state index is 14.8. The van der Waals surface area contributed by atoms with Crippen LogP contribution in [0.4, 0.5) is 11.4 Å². The Kier molecular flexibility index (Phi) is 14.8. The molecule has 4 aromatic carbocycles. The van der Waals surface area contributed by atoms with Gasteiger partial charge in [-0.25, -0.2) is 0 Å². The Morgan fingerprint density at radius 3 is 1.95 bits per heavy atom. The van der Waals surface area contributed by atoms with Crippen LogP contribution in [0, 0.1) is 0 Å². The minimum absolute atomic E-state index is 0.0391. The van der Waals surface area contributed by atoms with E-state index in [1.807, 2.05) is 70.3 Å². The van der Waals surface area contributed by atoms with Gasteiger partial charge in [0, 0.05) is 110 Å². The summed E-state index contributed by atoms with van der Waals surface area (Å²) < 4.78 is 0. The van der Waals surface area contributed by atoms with Gasteiger partial charge in [0.05, 0.1) is 6.61 Å². The van der Waals surface area contributed by atoms with Gasteiger partial charge < -0.3 is 29.6 Å². The van der Waals surface area contributed by atoms with Gasteiger partial charge in [0.2, 0.25) is 17.7 Å². The SMILES string of the molecule is CC(=O)N1CCN(c2ccc(CN(C(=O)/C=C/c3ccc(C(C)C)cc3)[C@@H](Cc3ccccc3)C(=O)N3CCN(Cc4ccc(N(C)CCO)cc4)CC3)cc2)CC1. The average molecular weight is 785 g/mol. The molecule has 2 fully saturated rings. The fourth-order valence-electron chi connectivity index (χ4n) is 7.78. The first-order valence-electron chi connectivity index (χ1n) is 20.7. The number of hydrogen-bond donors (Lipinski definition) is 1. The Morgan fingerprint density at radius 1 is 0.724 bits per heavy atom. The Labute approximate surface area is 344 Å². The summed E-state index contributed by atoms with van der Waals surface area (Å²) >= 11 is 0. The number of piperazine rings is 2. The van der Waals surface area contributed by atoms with E-state index >= 15 is 0 Å². The van der Waals surface area contributed by atoms with Crippen LogP contribution in [0.1, 0.15) is 54.5 Å². The van der Waals surface area contributed by atoms with Crippen LogP contribution in [0.15, 0.2) is 109 Å². The van der Waals surface area contributed by atoms with Crippen LogP contribution < -0.4 is 9.80 Å². The van der Waals surface area contributed by atoms with E-state index < -0.39 is 6.04 Å². The first kappa shape index (κ1) is 42.2. The fourth-order valence-corrected chi connectivity index (χ4v) is 7.78. The number of rotatable bonds is 15. The second-order valence-corrected chi connectivity index (χ2v) is 15.9. The standard InChI is InChI=1S/C48H60N6O4/c1-37(2)43-17-10-39(11-18-43)16-23-47(57)54(36-42-14-21-45(22-15-42)52-30-28-51(29-31-52)38(3)56)46(34-40-8-6-5-7-9-40)48(58)53-26-24-50(25-27-53)35-41-12-19-44(20-13-41)49(4)32-33-55/h5-23,37,46,55H,24-36H2,1-4H3/b23-16+/t46-/m0/s1. The highest BCUT2D eigenvalue weighted by atomic mass is 16.3. The number of carbonyl (C=O) groups is 3. The topological polar surface area (TPSA) is 90.9 Å². The van der Waals surface area contributed by atoms with Crippen molar-refractivity contribution in [3.05, 3.63) is 137 Å². The van der Waals surface area contributed by atoms with Crippen LogP contribution in [-0.4, -0.2) is 121 Å². The van der Waals surface area contributed by atoms with Crippen molar-refractivity contribution >= 4 is 35.2 Å². The van der Waals surface area contributed by atoms with Crippen LogP contribution >= 0.6 is 0 Å². The van der Waals surface area contributed by atoms with E-state index in [-0.39, 0.29) is 30.9 Å². The van der Waals surface area contributed by atoms with Gasteiger partial charge in [0.15, 0.2) is 0 Å². The lowest BCUT2D eigenvalue weighted by Crippen LogP contribution is -2.56. The van der Waals surface area contributed by atoms with Gasteiger partial charge in [-0.05, 0) is 64.1 Å². The molecule has 2 aliphatic heterocycles. The molecule has 2 saturated heterocycles. The number of hydrogen-bond acceptors (Lipinski definition) is 7. The number of aliphatic hydroxyl groups is 1. The van der Waals surface area contributed by atoms with Gasteiger partial charge in [0.25, 0.3) is 0 Å². The molecule has 1 N–H and O–H groups in total. The first-order valence-corrected chi connectivity index (χ1v) is 20.7. The molecule has 0 unspecified atom stereocenters. The van der Waals surface area contributed by atoms with Crippen molar-refractivity contribution in [1.82, 2.24) is 19.6 Å². The average Bonchev–Trinajstić information content (AvgIpc) is 3.25. The zero-order chi connectivity index (χ0) is 41.0. The van der Waals surface area contributed by atoms with E-state index in [1.165, 1.54) is 11.1 Å². The van der Waals surface area contributed by atoms with Crippen molar-refractivity contribution in [3.63, 3.8) is 0 Å². The number of carbonyl (C=O) groups excluding carboxylic acids is 3.